The predicted molar refractivity (Wildman–Crippen MR) is 44.7 cm³/mol. The van der Waals surface area contributed by atoms with E-state index in [2.05, 4.69) is 4.90 Å². The number of nitrogens with zero attached hydrogens (tertiary/aromatic N) is 1. The number of rotatable bonds is 2. The molecule has 1 saturated carbocycles. The third kappa shape index (κ3) is 2.17. The van der Waals surface area contributed by atoms with Crippen LogP contribution >= 0.6 is 0 Å². The summed E-state index contributed by atoms with van der Waals surface area (Å²) in [6.45, 7) is 2.28. The number of aliphatic hydroxyl groups excluding tert-OH is 1. The molecule has 0 aromatic rings. The first-order chi connectivity index (χ1) is 6.05. The summed E-state index contributed by atoms with van der Waals surface area (Å²) in [5.74, 6) is -2.25. The standard InChI is InChI=1S/C9H15F2NO/c10-9(11)3-7(4-9)5-12-2-1-8(13)6-12/h7-8,13H,1-6H2/t8-/m0/s1. The summed E-state index contributed by atoms with van der Waals surface area (Å²) in [6.07, 6.45) is 0.642. The van der Waals surface area contributed by atoms with E-state index in [1.54, 1.807) is 0 Å². The minimum atomic E-state index is -2.40. The number of hydrogen-bond acceptors (Lipinski definition) is 2. The number of hydrogen-bond donors (Lipinski definition) is 1. The van der Waals surface area contributed by atoms with E-state index in [4.69, 9.17) is 0 Å². The zero-order valence-electron chi connectivity index (χ0n) is 7.55. The largest absolute Gasteiger partial charge is 0.392 e. The Morgan fingerprint density at radius 2 is 2.08 bits per heavy atom. The van der Waals surface area contributed by atoms with Crippen molar-refractivity contribution in [1.29, 1.82) is 0 Å². The highest BCUT2D eigenvalue weighted by atomic mass is 19.3. The first kappa shape index (κ1) is 9.34. The molecule has 1 aliphatic heterocycles. The van der Waals surface area contributed by atoms with Crippen molar-refractivity contribution >= 4 is 0 Å². The van der Waals surface area contributed by atoms with Gasteiger partial charge in [0.2, 0.25) is 5.92 Å². The van der Waals surface area contributed by atoms with Gasteiger partial charge in [0.1, 0.15) is 0 Å². The fourth-order valence-electron chi connectivity index (χ4n) is 2.26. The van der Waals surface area contributed by atoms with E-state index in [1.807, 2.05) is 0 Å². The molecule has 1 heterocycles. The molecule has 2 fully saturated rings. The molecule has 76 valence electrons. The van der Waals surface area contributed by atoms with Crippen LogP contribution in [0.2, 0.25) is 0 Å². The second kappa shape index (κ2) is 3.17. The summed E-state index contributed by atoms with van der Waals surface area (Å²) in [5.41, 5.74) is 0. The predicted octanol–water partition coefficient (Wildman–Crippen LogP) is 1.10. The molecule has 0 unspecified atom stereocenters. The van der Waals surface area contributed by atoms with Crippen molar-refractivity contribution in [2.45, 2.75) is 31.3 Å². The number of likely N-dealkylation sites (tertiary alicyclic amines) is 1. The van der Waals surface area contributed by atoms with Gasteiger partial charge in [-0.2, -0.15) is 0 Å². The van der Waals surface area contributed by atoms with Crippen LogP contribution in [0.5, 0.6) is 0 Å². The molecule has 1 aliphatic carbocycles. The van der Waals surface area contributed by atoms with E-state index >= 15 is 0 Å². The Bertz CT molecular complexity index is 190. The quantitative estimate of drug-likeness (QED) is 0.706. The average molecular weight is 191 g/mol. The van der Waals surface area contributed by atoms with Gasteiger partial charge in [0.25, 0.3) is 0 Å². The van der Waals surface area contributed by atoms with Crippen LogP contribution in [0.25, 0.3) is 0 Å². The van der Waals surface area contributed by atoms with E-state index < -0.39 is 5.92 Å². The zero-order chi connectivity index (χ0) is 9.47. The molecule has 0 aromatic heterocycles. The topological polar surface area (TPSA) is 23.5 Å². The van der Waals surface area contributed by atoms with Gasteiger partial charge in [-0.05, 0) is 12.3 Å². The molecule has 2 nitrogen and oxygen atoms in total. The molecule has 1 N–H and O–H groups in total. The summed E-state index contributed by atoms with van der Waals surface area (Å²) in [7, 11) is 0. The van der Waals surface area contributed by atoms with Gasteiger partial charge in [0.05, 0.1) is 6.10 Å². The first-order valence-corrected chi connectivity index (χ1v) is 4.83. The highest BCUT2D eigenvalue weighted by molar-refractivity contribution is 4.89. The minimum absolute atomic E-state index is 0.0413. The SMILES string of the molecule is O[C@H]1CCN(CC2CC(F)(F)C2)C1. The normalized spacial score (nSPS) is 34.8. The van der Waals surface area contributed by atoms with Crippen LogP contribution in [0.3, 0.4) is 0 Å². The highest BCUT2D eigenvalue weighted by Crippen LogP contribution is 2.42. The highest BCUT2D eigenvalue weighted by Gasteiger charge is 2.45. The van der Waals surface area contributed by atoms with E-state index in [0.29, 0.717) is 6.54 Å². The van der Waals surface area contributed by atoms with Gasteiger partial charge >= 0.3 is 0 Å². The maximum absolute atomic E-state index is 12.5. The van der Waals surface area contributed by atoms with Crippen molar-refractivity contribution in [2.75, 3.05) is 19.6 Å². The van der Waals surface area contributed by atoms with Crippen LogP contribution in [0.15, 0.2) is 0 Å². The molecule has 0 amide bonds. The van der Waals surface area contributed by atoms with Crippen LogP contribution in [-0.4, -0.2) is 41.7 Å². The van der Waals surface area contributed by atoms with Crippen molar-refractivity contribution in [2.24, 2.45) is 5.92 Å². The van der Waals surface area contributed by atoms with Crippen molar-refractivity contribution in [3.05, 3.63) is 0 Å². The van der Waals surface area contributed by atoms with E-state index in [1.165, 1.54) is 0 Å². The smallest absolute Gasteiger partial charge is 0.248 e. The Balaban J connectivity index is 1.69. The van der Waals surface area contributed by atoms with Crippen molar-refractivity contribution in [3.63, 3.8) is 0 Å². The lowest BCUT2D eigenvalue weighted by Gasteiger charge is -2.37. The maximum Gasteiger partial charge on any atom is 0.248 e. The van der Waals surface area contributed by atoms with Crippen molar-refractivity contribution in [1.82, 2.24) is 4.90 Å². The molecule has 0 radical (unpaired) electrons. The summed E-state index contributed by atoms with van der Waals surface area (Å²) in [6, 6.07) is 0. The average Bonchev–Trinajstić information content (AvgIpc) is 2.31. The lowest BCUT2D eigenvalue weighted by molar-refractivity contribution is -0.115. The molecule has 0 spiro atoms. The van der Waals surface area contributed by atoms with Crippen LogP contribution < -0.4 is 0 Å². The second-order valence-corrected chi connectivity index (χ2v) is 4.33. The Morgan fingerprint density at radius 1 is 1.38 bits per heavy atom. The van der Waals surface area contributed by atoms with Gasteiger partial charge in [0.15, 0.2) is 0 Å². The third-order valence-electron chi connectivity index (χ3n) is 2.94. The molecule has 0 aromatic carbocycles. The van der Waals surface area contributed by atoms with Crippen molar-refractivity contribution < 1.29 is 13.9 Å². The molecular formula is C9H15F2NO. The number of aliphatic hydroxyl groups is 1. The maximum atomic E-state index is 12.5. The van der Waals surface area contributed by atoms with Gasteiger partial charge in [0, 0.05) is 32.5 Å². The monoisotopic (exact) mass is 191 g/mol. The number of alkyl halides is 2. The molecule has 1 atom stereocenters. The summed E-state index contributed by atoms with van der Waals surface area (Å²) >= 11 is 0. The molecule has 1 saturated heterocycles. The van der Waals surface area contributed by atoms with Gasteiger partial charge < -0.3 is 10.0 Å². The third-order valence-corrected chi connectivity index (χ3v) is 2.94. The second-order valence-electron chi connectivity index (χ2n) is 4.33. The minimum Gasteiger partial charge on any atom is -0.392 e. The molecule has 2 aliphatic rings. The van der Waals surface area contributed by atoms with E-state index in [-0.39, 0.29) is 24.9 Å². The van der Waals surface area contributed by atoms with Gasteiger partial charge in [-0.3, -0.25) is 0 Å². The fraction of sp³-hybridized carbons (Fsp3) is 1.00. The number of β-amino-alcohol motifs (C(OH)–C–C–N with tert-alkyl or cyclic N) is 1. The van der Waals surface area contributed by atoms with Crippen LogP contribution in [0, 0.1) is 5.92 Å². The van der Waals surface area contributed by atoms with Crippen LogP contribution in [-0.2, 0) is 0 Å². The Morgan fingerprint density at radius 3 is 2.54 bits per heavy atom. The molecule has 4 heteroatoms. The Kier molecular flexibility index (Phi) is 2.28. The molecule has 13 heavy (non-hydrogen) atoms. The van der Waals surface area contributed by atoms with E-state index in [9.17, 15) is 13.9 Å². The van der Waals surface area contributed by atoms with Gasteiger partial charge in [-0.25, -0.2) is 8.78 Å². The summed E-state index contributed by atoms with van der Waals surface area (Å²) < 4.78 is 24.9. The Hall–Kier alpha value is -0.220. The molecular weight excluding hydrogens is 176 g/mol. The van der Waals surface area contributed by atoms with Gasteiger partial charge in [-0.15, -0.1) is 0 Å². The van der Waals surface area contributed by atoms with Gasteiger partial charge in [-0.1, -0.05) is 0 Å². The Labute approximate surface area is 76.5 Å². The van der Waals surface area contributed by atoms with Crippen LogP contribution in [0.4, 0.5) is 8.78 Å². The summed E-state index contributed by atoms with van der Waals surface area (Å²) in [4.78, 5) is 2.09. The van der Waals surface area contributed by atoms with Crippen LogP contribution in [0.1, 0.15) is 19.3 Å². The first-order valence-electron chi connectivity index (χ1n) is 4.83. The molecule has 2 rings (SSSR count). The lowest BCUT2D eigenvalue weighted by atomic mass is 9.81. The van der Waals surface area contributed by atoms with Crippen molar-refractivity contribution in [3.8, 4) is 0 Å². The summed E-state index contributed by atoms with van der Waals surface area (Å²) in [5, 5.41) is 9.22. The number of halogens is 2. The lowest BCUT2D eigenvalue weighted by Crippen LogP contribution is -2.42. The zero-order valence-corrected chi connectivity index (χ0v) is 7.55. The van der Waals surface area contributed by atoms with E-state index in [0.717, 1.165) is 19.5 Å². The molecule has 0 bridgehead atoms. The fourth-order valence-corrected chi connectivity index (χ4v) is 2.26.